The van der Waals surface area contributed by atoms with Crippen molar-refractivity contribution in [1.82, 2.24) is 0 Å². The van der Waals surface area contributed by atoms with Crippen molar-refractivity contribution in [3.05, 3.63) is 0 Å². The van der Waals surface area contributed by atoms with Crippen molar-refractivity contribution < 1.29 is 52.0 Å². The number of aliphatic hydroxyl groups is 1. The fourth-order valence-corrected chi connectivity index (χ4v) is 1.05. The lowest BCUT2D eigenvalue weighted by molar-refractivity contribution is -0.344. The van der Waals surface area contributed by atoms with E-state index in [1.54, 1.807) is 27.7 Å². The molecule has 3 N–H and O–H groups in total. The molecule has 0 heterocycles. The maximum atomic E-state index is 10.9. The number of carbonyl (C=O) groups excluding carboxylic acids is 4. The topological polar surface area (TPSA) is 156 Å². The number of nitrogens with two attached hydrogens (primary N) is 1. The fourth-order valence-electron chi connectivity index (χ4n) is 0.939. The molecule has 15 heteroatoms. The molecule has 35 heavy (non-hydrogen) atoms. The van der Waals surface area contributed by atoms with E-state index in [-0.39, 0.29) is 29.8 Å². The van der Waals surface area contributed by atoms with Gasteiger partial charge in [-0.15, -0.1) is 0 Å². The molecule has 0 aromatic rings. The summed E-state index contributed by atoms with van der Waals surface area (Å²) < 4.78 is 40.3. The molecule has 0 saturated carbocycles. The minimum atomic E-state index is -5.19. The lowest BCUT2D eigenvalue weighted by atomic mass is 10.2. The van der Waals surface area contributed by atoms with E-state index in [9.17, 15) is 27.6 Å². The van der Waals surface area contributed by atoms with Crippen LogP contribution in [0.4, 0.5) is 13.2 Å². The largest absolute Gasteiger partial charge is 0.542 e. The summed E-state index contributed by atoms with van der Waals surface area (Å²) >= 11 is 9.11. The van der Waals surface area contributed by atoms with Crippen molar-refractivity contribution in [2.24, 2.45) is 5.73 Å². The summed E-state index contributed by atoms with van der Waals surface area (Å²) in [7, 11) is 0. The highest BCUT2D eigenvalue weighted by atomic mass is 79.9. The van der Waals surface area contributed by atoms with Crippen molar-refractivity contribution in [1.29, 1.82) is 0 Å². The standard InChI is InChI=1S/C8H16O3.C6H12BrNO2.C4H6Br2O.C2HF3O2/c1-8(2,3)11-7(10)5-4-6-9;1-6(2,7)5(9)10-4-3-8;1-4(2,6)3(5)7;3-2(4,5)1(6)7/h9H,4-6H2,1-3H3;3-4,8H2,1-2H3;1-2H3;(H,6,7)/p-1. The van der Waals surface area contributed by atoms with E-state index in [1.807, 2.05) is 20.8 Å². The number of halogens is 6. The number of esters is 2. The molecule has 0 aromatic heterocycles. The van der Waals surface area contributed by atoms with Gasteiger partial charge in [0.15, 0.2) is 0 Å². The van der Waals surface area contributed by atoms with Crippen LogP contribution in [0.3, 0.4) is 0 Å². The minimum Gasteiger partial charge on any atom is -0.542 e. The van der Waals surface area contributed by atoms with Crippen LogP contribution >= 0.6 is 47.8 Å². The molecule has 0 atom stereocenters. The van der Waals surface area contributed by atoms with Gasteiger partial charge in [-0.2, -0.15) is 13.2 Å². The molecular weight excluding hydrogens is 679 g/mol. The summed E-state index contributed by atoms with van der Waals surface area (Å²) in [6, 6.07) is 0. The number of hydrogen-bond acceptors (Lipinski definition) is 9. The third-order valence-electron chi connectivity index (χ3n) is 2.49. The highest BCUT2D eigenvalue weighted by Gasteiger charge is 2.29. The molecule has 0 aliphatic rings. The molecule has 210 valence electrons. The van der Waals surface area contributed by atoms with Gasteiger partial charge in [0, 0.05) is 19.6 Å². The Labute approximate surface area is 229 Å². The zero-order valence-electron chi connectivity index (χ0n) is 20.7. The molecule has 0 aliphatic carbocycles. The third-order valence-corrected chi connectivity index (χ3v) is 4.70. The molecule has 0 aromatic carbocycles. The summed E-state index contributed by atoms with van der Waals surface area (Å²) in [5, 5.41) is 17.2. The predicted molar refractivity (Wildman–Crippen MR) is 133 cm³/mol. The van der Waals surface area contributed by atoms with Gasteiger partial charge in [-0.25, -0.2) is 0 Å². The van der Waals surface area contributed by atoms with Gasteiger partial charge >= 0.3 is 18.1 Å². The number of carbonyl (C=O) groups is 4. The normalized spacial score (nSPS) is 11.3. The quantitative estimate of drug-likeness (QED) is 0.230. The second kappa shape index (κ2) is 19.4. The van der Waals surface area contributed by atoms with E-state index in [0.29, 0.717) is 19.4 Å². The molecule has 9 nitrogen and oxygen atoms in total. The molecule has 0 spiro atoms. The van der Waals surface area contributed by atoms with Gasteiger partial charge in [0.2, 0.25) is 4.69 Å². The lowest BCUT2D eigenvalue weighted by Crippen LogP contribution is -2.37. The van der Waals surface area contributed by atoms with Crippen molar-refractivity contribution in [3.8, 4) is 0 Å². The molecule has 0 unspecified atom stereocenters. The Kier molecular flexibility index (Phi) is 22.9. The Morgan fingerprint density at radius 2 is 1.31 bits per heavy atom. The van der Waals surface area contributed by atoms with Crippen LogP contribution in [-0.4, -0.2) is 67.9 Å². The highest BCUT2D eigenvalue weighted by Crippen LogP contribution is 2.19. The van der Waals surface area contributed by atoms with Crippen LogP contribution in [0.15, 0.2) is 0 Å². The first-order valence-corrected chi connectivity index (χ1v) is 12.3. The Balaban J connectivity index is -0.000000187. The van der Waals surface area contributed by atoms with Gasteiger partial charge in [0.25, 0.3) is 0 Å². The number of aliphatic carboxylic acids is 1. The summed E-state index contributed by atoms with van der Waals surface area (Å²) in [5.74, 6) is -3.53. The summed E-state index contributed by atoms with van der Waals surface area (Å²) in [5.41, 5.74) is 4.72. The zero-order valence-corrected chi connectivity index (χ0v) is 25.4. The SMILES string of the molecule is CC(C)(Br)C(=O)Br.CC(C)(Br)C(=O)OCCN.CC(C)(C)OC(=O)CCCO.O=C([O-])C(F)(F)F. The van der Waals surface area contributed by atoms with E-state index in [0.717, 1.165) is 0 Å². The average Bonchev–Trinajstić information content (AvgIpc) is 2.62. The first-order chi connectivity index (χ1) is 15.3. The molecule has 0 amide bonds. The molecule has 0 bridgehead atoms. The Hall–Kier alpha value is -0.770. The number of rotatable bonds is 7. The van der Waals surface area contributed by atoms with Crippen LogP contribution in [0.25, 0.3) is 0 Å². The van der Waals surface area contributed by atoms with Gasteiger partial charge < -0.3 is 30.2 Å². The van der Waals surface area contributed by atoms with Crippen molar-refractivity contribution in [2.45, 2.75) is 81.7 Å². The smallest absolute Gasteiger partial charge is 0.430 e. The summed E-state index contributed by atoms with van der Waals surface area (Å²) in [6.07, 6.45) is -4.41. The average molecular weight is 713 g/mol. The minimum absolute atomic E-state index is 0.0278. The van der Waals surface area contributed by atoms with Crippen LogP contribution < -0.4 is 10.8 Å². The molecular formula is C20H34Br3F3NO8-. The van der Waals surface area contributed by atoms with Crippen LogP contribution in [0.1, 0.15) is 61.3 Å². The second-order valence-corrected chi connectivity index (χ2v) is 13.0. The Morgan fingerprint density at radius 1 is 0.943 bits per heavy atom. The molecule has 0 aliphatic heterocycles. The zero-order chi connectivity index (χ0) is 29.3. The van der Waals surface area contributed by atoms with Gasteiger partial charge in [0.05, 0.1) is 4.32 Å². The summed E-state index contributed by atoms with van der Waals surface area (Å²) in [6.45, 7) is 13.2. The maximum absolute atomic E-state index is 10.9. The number of carboxylic acids is 1. The number of hydrogen-bond donors (Lipinski definition) is 2. The van der Waals surface area contributed by atoms with Gasteiger partial charge in [-0.3, -0.25) is 14.4 Å². The van der Waals surface area contributed by atoms with Crippen LogP contribution in [-0.2, 0) is 28.7 Å². The molecule has 0 saturated heterocycles. The van der Waals surface area contributed by atoms with Gasteiger partial charge in [-0.1, -0.05) is 31.9 Å². The van der Waals surface area contributed by atoms with Crippen LogP contribution in [0.5, 0.6) is 0 Å². The van der Waals surface area contributed by atoms with Crippen molar-refractivity contribution >= 4 is 70.4 Å². The molecule has 0 fully saturated rings. The number of ether oxygens (including phenoxy) is 2. The van der Waals surface area contributed by atoms with E-state index >= 15 is 0 Å². The lowest BCUT2D eigenvalue weighted by Gasteiger charge is -2.19. The van der Waals surface area contributed by atoms with Crippen LogP contribution in [0, 0.1) is 0 Å². The van der Waals surface area contributed by atoms with Crippen molar-refractivity contribution in [2.75, 3.05) is 19.8 Å². The maximum Gasteiger partial charge on any atom is 0.430 e. The first kappa shape index (κ1) is 41.4. The van der Waals surface area contributed by atoms with Crippen LogP contribution in [0.2, 0.25) is 0 Å². The number of alkyl halides is 5. The Morgan fingerprint density at radius 3 is 1.51 bits per heavy atom. The monoisotopic (exact) mass is 710 g/mol. The molecule has 0 radical (unpaired) electrons. The summed E-state index contributed by atoms with van der Waals surface area (Å²) in [4.78, 5) is 40.9. The van der Waals surface area contributed by atoms with Crippen molar-refractivity contribution in [3.63, 3.8) is 0 Å². The van der Waals surface area contributed by atoms with E-state index in [1.165, 1.54) is 0 Å². The second-order valence-electron chi connectivity index (χ2n) is 8.34. The fraction of sp³-hybridized carbons (Fsp3) is 0.800. The van der Waals surface area contributed by atoms with Gasteiger partial charge in [-0.05, 0) is 70.8 Å². The first-order valence-electron chi connectivity index (χ1n) is 9.88. The van der Waals surface area contributed by atoms with Gasteiger partial charge in [0.1, 0.15) is 22.5 Å². The number of aliphatic hydroxyl groups excluding tert-OH is 1. The predicted octanol–water partition coefficient (Wildman–Crippen LogP) is 3.14. The number of carboxylic acid groups (broad SMARTS) is 1. The van der Waals surface area contributed by atoms with E-state index in [2.05, 4.69) is 47.8 Å². The molecule has 0 rings (SSSR count). The van der Waals surface area contributed by atoms with E-state index < -0.39 is 26.4 Å². The van der Waals surface area contributed by atoms with E-state index in [4.69, 9.17) is 30.2 Å². The highest BCUT2D eigenvalue weighted by molar-refractivity contribution is 9.20. The third kappa shape index (κ3) is 35.5. The Bertz CT molecular complexity index is 617.